The summed E-state index contributed by atoms with van der Waals surface area (Å²) in [5.74, 6) is 1.96. The van der Waals surface area contributed by atoms with Crippen LogP contribution in [0, 0.1) is 5.92 Å². The van der Waals surface area contributed by atoms with Crippen molar-refractivity contribution >= 4 is 0 Å². The zero-order valence-electron chi connectivity index (χ0n) is 12.0. The van der Waals surface area contributed by atoms with Crippen LogP contribution >= 0.6 is 0 Å². The molecule has 1 heterocycles. The number of hydrogen-bond donors (Lipinski definition) is 1. The maximum Gasteiger partial charge on any atom is 0.122 e. The Labute approximate surface area is 116 Å². The van der Waals surface area contributed by atoms with E-state index in [0.717, 1.165) is 11.7 Å². The number of ether oxygens (including phenoxy) is 1. The Bertz CT molecular complexity index is 435. The highest BCUT2D eigenvalue weighted by Gasteiger charge is 2.21. The number of methoxy groups -OCH3 is 1. The smallest absolute Gasteiger partial charge is 0.122 e. The first-order valence-corrected chi connectivity index (χ1v) is 7.77. The number of hydrogen-bond acceptors (Lipinski definition) is 2. The first kappa shape index (κ1) is 13.0. The highest BCUT2D eigenvalue weighted by Crippen LogP contribution is 2.34. The Hall–Kier alpha value is -1.02. The molecule has 0 saturated carbocycles. The van der Waals surface area contributed by atoms with Gasteiger partial charge in [-0.15, -0.1) is 0 Å². The molecule has 1 aliphatic carbocycles. The summed E-state index contributed by atoms with van der Waals surface area (Å²) < 4.78 is 5.64. The molecule has 0 amide bonds. The van der Waals surface area contributed by atoms with E-state index in [2.05, 4.69) is 17.4 Å². The quantitative estimate of drug-likeness (QED) is 0.900. The van der Waals surface area contributed by atoms with Gasteiger partial charge in [0.2, 0.25) is 0 Å². The maximum atomic E-state index is 5.64. The van der Waals surface area contributed by atoms with Crippen LogP contribution in [0.25, 0.3) is 0 Å². The molecule has 0 bridgehead atoms. The zero-order valence-corrected chi connectivity index (χ0v) is 12.0. The van der Waals surface area contributed by atoms with E-state index >= 15 is 0 Å². The van der Waals surface area contributed by atoms with Gasteiger partial charge in [-0.1, -0.05) is 6.07 Å². The molecule has 0 radical (unpaired) electrons. The fourth-order valence-corrected chi connectivity index (χ4v) is 3.67. The van der Waals surface area contributed by atoms with E-state index in [1.54, 1.807) is 11.1 Å². The normalized spacial score (nSPS) is 20.1. The van der Waals surface area contributed by atoms with Gasteiger partial charge < -0.3 is 10.1 Å². The Kier molecular flexibility index (Phi) is 4.07. The second-order valence-corrected chi connectivity index (χ2v) is 5.99. The molecule has 1 fully saturated rings. The minimum atomic E-state index is 0.837. The number of rotatable bonds is 3. The fraction of sp³-hybridized carbons (Fsp3) is 0.647. The fourth-order valence-electron chi connectivity index (χ4n) is 3.67. The number of aryl methyl sites for hydroxylation is 1. The van der Waals surface area contributed by atoms with Crippen molar-refractivity contribution in [1.29, 1.82) is 0 Å². The molecule has 0 aromatic heterocycles. The minimum Gasteiger partial charge on any atom is -0.496 e. The Morgan fingerprint density at radius 3 is 2.74 bits per heavy atom. The molecule has 104 valence electrons. The monoisotopic (exact) mass is 259 g/mol. The van der Waals surface area contributed by atoms with Crippen molar-refractivity contribution in [2.24, 2.45) is 5.92 Å². The molecule has 2 nitrogen and oxygen atoms in total. The molecule has 1 N–H and O–H groups in total. The predicted molar refractivity (Wildman–Crippen MR) is 78.9 cm³/mol. The highest BCUT2D eigenvalue weighted by atomic mass is 16.5. The van der Waals surface area contributed by atoms with Crippen LogP contribution in [0.3, 0.4) is 0 Å². The van der Waals surface area contributed by atoms with Gasteiger partial charge in [0.25, 0.3) is 0 Å². The van der Waals surface area contributed by atoms with Gasteiger partial charge in [-0.3, -0.25) is 0 Å². The van der Waals surface area contributed by atoms with Gasteiger partial charge in [0.15, 0.2) is 0 Å². The molecule has 0 unspecified atom stereocenters. The highest BCUT2D eigenvalue weighted by molar-refractivity contribution is 5.46. The summed E-state index contributed by atoms with van der Waals surface area (Å²) in [5.41, 5.74) is 4.71. The molecule has 0 spiro atoms. The average Bonchev–Trinajstić information content (AvgIpc) is 2.49. The molecule has 0 atom stereocenters. The van der Waals surface area contributed by atoms with Crippen molar-refractivity contribution in [2.45, 2.75) is 44.9 Å². The lowest BCUT2D eigenvalue weighted by Crippen LogP contribution is -2.29. The largest absolute Gasteiger partial charge is 0.496 e. The van der Waals surface area contributed by atoms with Crippen LogP contribution < -0.4 is 10.1 Å². The van der Waals surface area contributed by atoms with Crippen molar-refractivity contribution < 1.29 is 4.74 Å². The van der Waals surface area contributed by atoms with Crippen molar-refractivity contribution in [2.75, 3.05) is 20.2 Å². The van der Waals surface area contributed by atoms with Crippen LogP contribution in [0.1, 0.15) is 42.4 Å². The molecular formula is C17H25NO. The Morgan fingerprint density at radius 1 is 1.16 bits per heavy atom. The molecule has 1 saturated heterocycles. The second kappa shape index (κ2) is 5.96. The van der Waals surface area contributed by atoms with Crippen LogP contribution in [0.4, 0.5) is 0 Å². The molecule has 19 heavy (non-hydrogen) atoms. The lowest BCUT2D eigenvalue weighted by Gasteiger charge is -2.27. The number of piperidine rings is 1. The summed E-state index contributed by atoms with van der Waals surface area (Å²) in [7, 11) is 1.82. The van der Waals surface area contributed by atoms with Crippen LogP contribution in [-0.2, 0) is 19.3 Å². The van der Waals surface area contributed by atoms with Crippen LogP contribution in [-0.4, -0.2) is 20.2 Å². The lowest BCUT2D eigenvalue weighted by molar-refractivity contribution is 0.359. The van der Waals surface area contributed by atoms with Gasteiger partial charge in [-0.05, 0) is 86.7 Å². The Morgan fingerprint density at radius 2 is 1.95 bits per heavy atom. The third kappa shape index (κ3) is 2.79. The first-order valence-electron chi connectivity index (χ1n) is 7.77. The van der Waals surface area contributed by atoms with E-state index < -0.39 is 0 Å². The topological polar surface area (TPSA) is 21.3 Å². The van der Waals surface area contributed by atoms with Crippen molar-refractivity contribution in [3.63, 3.8) is 0 Å². The molecule has 2 aliphatic rings. The summed E-state index contributed by atoms with van der Waals surface area (Å²) in [5, 5.41) is 3.46. The Balaban J connectivity index is 1.88. The van der Waals surface area contributed by atoms with Gasteiger partial charge in [0, 0.05) is 0 Å². The predicted octanol–water partition coefficient (Wildman–Crippen LogP) is 3.12. The standard InChI is InChI=1S/C17H25NO/c1-19-17-7-6-14-4-2-3-5-15(14)16(17)12-13-8-10-18-11-9-13/h6-7,13,18H,2-5,8-12H2,1H3. The first-order chi connectivity index (χ1) is 9.38. The second-order valence-electron chi connectivity index (χ2n) is 5.99. The maximum absolute atomic E-state index is 5.64. The average molecular weight is 259 g/mol. The van der Waals surface area contributed by atoms with Crippen LogP contribution in [0.15, 0.2) is 12.1 Å². The van der Waals surface area contributed by atoms with Crippen molar-refractivity contribution in [3.8, 4) is 5.75 Å². The van der Waals surface area contributed by atoms with E-state index in [1.807, 2.05) is 7.11 Å². The van der Waals surface area contributed by atoms with Gasteiger partial charge in [0.05, 0.1) is 7.11 Å². The molecular weight excluding hydrogens is 234 g/mol. The van der Waals surface area contributed by atoms with Crippen molar-refractivity contribution in [3.05, 3.63) is 28.8 Å². The van der Waals surface area contributed by atoms with E-state index in [9.17, 15) is 0 Å². The van der Waals surface area contributed by atoms with E-state index in [4.69, 9.17) is 4.74 Å². The number of benzene rings is 1. The molecule has 1 aliphatic heterocycles. The zero-order chi connectivity index (χ0) is 13.1. The summed E-state index contributed by atoms with van der Waals surface area (Å²) >= 11 is 0. The summed E-state index contributed by atoms with van der Waals surface area (Å²) in [6, 6.07) is 4.49. The van der Waals surface area contributed by atoms with Gasteiger partial charge in [0.1, 0.15) is 5.75 Å². The third-order valence-corrected chi connectivity index (χ3v) is 4.78. The van der Waals surface area contributed by atoms with Crippen molar-refractivity contribution in [1.82, 2.24) is 5.32 Å². The summed E-state index contributed by atoms with van der Waals surface area (Å²) in [6.45, 7) is 2.37. The van der Waals surface area contributed by atoms with Crippen LogP contribution in [0.2, 0.25) is 0 Å². The summed E-state index contributed by atoms with van der Waals surface area (Å²) in [6.07, 6.45) is 9.06. The van der Waals surface area contributed by atoms with Gasteiger partial charge in [-0.2, -0.15) is 0 Å². The molecule has 1 aromatic carbocycles. The van der Waals surface area contributed by atoms with Crippen LogP contribution in [0.5, 0.6) is 5.75 Å². The minimum absolute atomic E-state index is 0.837. The van der Waals surface area contributed by atoms with E-state index in [0.29, 0.717) is 0 Å². The molecule has 3 rings (SSSR count). The number of fused-ring (bicyclic) bond motifs is 1. The lowest BCUT2D eigenvalue weighted by atomic mass is 9.82. The summed E-state index contributed by atoms with van der Waals surface area (Å²) in [4.78, 5) is 0. The van der Waals surface area contributed by atoms with E-state index in [-0.39, 0.29) is 0 Å². The SMILES string of the molecule is COc1ccc2c(c1CC1CCNCC1)CCCC2. The van der Waals surface area contributed by atoms with E-state index in [1.165, 1.54) is 63.6 Å². The third-order valence-electron chi connectivity index (χ3n) is 4.78. The molecule has 2 heteroatoms. The molecule has 1 aromatic rings. The van der Waals surface area contributed by atoms with Gasteiger partial charge >= 0.3 is 0 Å². The number of nitrogens with one attached hydrogen (secondary N) is 1. The van der Waals surface area contributed by atoms with Gasteiger partial charge in [-0.25, -0.2) is 0 Å².